The average molecular weight is 330 g/mol. The van der Waals surface area contributed by atoms with Crippen LogP contribution in [0.1, 0.15) is 33.1 Å². The van der Waals surface area contributed by atoms with Crippen molar-refractivity contribution in [3.05, 3.63) is 0 Å². The molecule has 6 nitrogen and oxygen atoms in total. The van der Waals surface area contributed by atoms with Gasteiger partial charge in [-0.05, 0) is 25.5 Å². The fourth-order valence-corrected chi connectivity index (χ4v) is 3.53. The number of aliphatic carboxylic acids is 1. The molecule has 0 aromatic heterocycles. The van der Waals surface area contributed by atoms with Gasteiger partial charge >= 0.3 is 5.97 Å². The van der Waals surface area contributed by atoms with Crippen LogP contribution in [-0.4, -0.2) is 70.4 Å². The van der Waals surface area contributed by atoms with Crippen LogP contribution in [-0.2, 0) is 14.4 Å². The highest BCUT2D eigenvalue weighted by Gasteiger charge is 2.28. The summed E-state index contributed by atoms with van der Waals surface area (Å²) in [5.41, 5.74) is 0. The minimum Gasteiger partial charge on any atom is -0.480 e. The van der Waals surface area contributed by atoms with Gasteiger partial charge in [-0.1, -0.05) is 6.92 Å². The molecule has 0 saturated carbocycles. The molecule has 0 bridgehead atoms. The quantitative estimate of drug-likeness (QED) is 0.794. The molecule has 1 rings (SSSR count). The first kappa shape index (κ1) is 18.8. The Hall–Kier alpha value is -1.24. The Morgan fingerprint density at radius 1 is 1.32 bits per heavy atom. The zero-order valence-electron chi connectivity index (χ0n) is 13.6. The van der Waals surface area contributed by atoms with Crippen LogP contribution >= 0.6 is 11.8 Å². The summed E-state index contributed by atoms with van der Waals surface area (Å²) >= 11 is 1.66. The Bertz CT molecular complexity index is 416. The largest absolute Gasteiger partial charge is 0.480 e. The molecule has 2 atom stereocenters. The van der Waals surface area contributed by atoms with Crippen molar-refractivity contribution in [1.82, 2.24) is 9.80 Å². The van der Waals surface area contributed by atoms with Crippen molar-refractivity contribution in [3.8, 4) is 0 Å². The first-order chi connectivity index (χ1) is 10.4. The molecule has 0 aliphatic carbocycles. The summed E-state index contributed by atoms with van der Waals surface area (Å²) < 4.78 is 0. The van der Waals surface area contributed by atoms with E-state index in [1.807, 2.05) is 18.1 Å². The summed E-state index contributed by atoms with van der Waals surface area (Å²) in [4.78, 5) is 38.2. The van der Waals surface area contributed by atoms with E-state index in [1.54, 1.807) is 11.8 Å². The lowest BCUT2D eigenvalue weighted by Gasteiger charge is -2.29. The van der Waals surface area contributed by atoms with Crippen molar-refractivity contribution in [2.24, 2.45) is 5.92 Å². The van der Waals surface area contributed by atoms with Gasteiger partial charge in [-0.3, -0.25) is 14.4 Å². The van der Waals surface area contributed by atoms with Crippen LogP contribution in [0, 0.1) is 5.92 Å². The van der Waals surface area contributed by atoms with Crippen molar-refractivity contribution in [1.29, 1.82) is 0 Å². The lowest BCUT2D eigenvalue weighted by molar-refractivity contribution is -0.145. The lowest BCUT2D eigenvalue weighted by atomic mass is 10.1. The molecule has 0 spiro atoms. The summed E-state index contributed by atoms with van der Waals surface area (Å²) in [5, 5.41) is 8.95. The van der Waals surface area contributed by atoms with Gasteiger partial charge in [0, 0.05) is 37.7 Å². The summed E-state index contributed by atoms with van der Waals surface area (Å²) in [6, 6.07) is -0.0951. The number of carbonyl (C=O) groups is 3. The van der Waals surface area contributed by atoms with E-state index in [-0.39, 0.29) is 30.3 Å². The number of carbonyl (C=O) groups excluding carboxylic acids is 2. The summed E-state index contributed by atoms with van der Waals surface area (Å²) in [5.74, 6) is -0.266. The average Bonchev–Trinajstić information content (AvgIpc) is 2.69. The Morgan fingerprint density at radius 3 is 2.55 bits per heavy atom. The minimum absolute atomic E-state index is 0.00511. The monoisotopic (exact) mass is 330 g/mol. The zero-order valence-corrected chi connectivity index (χ0v) is 14.4. The third-order valence-corrected chi connectivity index (χ3v) is 4.83. The van der Waals surface area contributed by atoms with Crippen LogP contribution in [0.5, 0.6) is 0 Å². The second-order valence-electron chi connectivity index (χ2n) is 5.81. The predicted octanol–water partition coefficient (Wildman–Crippen LogP) is 1.30. The first-order valence-corrected chi connectivity index (χ1v) is 9.03. The van der Waals surface area contributed by atoms with E-state index < -0.39 is 5.97 Å². The molecular weight excluding hydrogens is 304 g/mol. The third kappa shape index (κ3) is 5.51. The normalized spacial score (nSPS) is 20.1. The molecule has 0 aromatic carbocycles. The molecule has 0 aromatic rings. The van der Waals surface area contributed by atoms with Gasteiger partial charge in [0.1, 0.15) is 6.54 Å². The summed E-state index contributed by atoms with van der Waals surface area (Å²) in [6.45, 7) is 4.35. The first-order valence-electron chi connectivity index (χ1n) is 7.63. The van der Waals surface area contributed by atoms with Crippen molar-refractivity contribution in [3.63, 3.8) is 0 Å². The van der Waals surface area contributed by atoms with Crippen molar-refractivity contribution < 1.29 is 19.5 Å². The topological polar surface area (TPSA) is 77.9 Å². The molecule has 1 N–H and O–H groups in total. The highest BCUT2D eigenvalue weighted by Crippen LogP contribution is 2.19. The number of likely N-dealkylation sites (tertiary alicyclic amines) is 1. The molecule has 126 valence electrons. The number of hydrogen-bond donors (Lipinski definition) is 1. The summed E-state index contributed by atoms with van der Waals surface area (Å²) in [7, 11) is 0. The van der Waals surface area contributed by atoms with Crippen molar-refractivity contribution in [2.45, 2.75) is 39.2 Å². The number of thioether (sulfide) groups is 1. The molecule has 1 aliphatic rings. The fourth-order valence-electron chi connectivity index (χ4n) is 2.89. The SMILES string of the molecule is CSC[C@H](C)C(=O)N1CCC[C@H](N(CC(=O)O)C(C)=O)CC1. The minimum atomic E-state index is -0.999. The van der Waals surface area contributed by atoms with Gasteiger partial charge in [0.05, 0.1) is 0 Å². The Balaban J connectivity index is 2.66. The molecule has 1 heterocycles. The fraction of sp³-hybridized carbons (Fsp3) is 0.800. The van der Waals surface area contributed by atoms with E-state index >= 15 is 0 Å². The molecule has 1 fully saturated rings. The van der Waals surface area contributed by atoms with Crippen LogP contribution in [0.2, 0.25) is 0 Å². The molecule has 0 radical (unpaired) electrons. The van der Waals surface area contributed by atoms with Gasteiger partial charge in [-0.25, -0.2) is 0 Å². The van der Waals surface area contributed by atoms with Crippen LogP contribution < -0.4 is 0 Å². The van der Waals surface area contributed by atoms with E-state index in [1.165, 1.54) is 11.8 Å². The molecule has 0 unspecified atom stereocenters. The molecule has 22 heavy (non-hydrogen) atoms. The van der Waals surface area contributed by atoms with E-state index in [0.29, 0.717) is 19.5 Å². The number of carboxylic acids is 1. The van der Waals surface area contributed by atoms with Gasteiger partial charge < -0.3 is 14.9 Å². The second kappa shape index (κ2) is 9.02. The van der Waals surface area contributed by atoms with E-state index in [0.717, 1.165) is 18.6 Å². The number of rotatable bonds is 6. The Labute approximate surface area is 136 Å². The van der Waals surface area contributed by atoms with Crippen LogP contribution in [0.15, 0.2) is 0 Å². The zero-order chi connectivity index (χ0) is 16.7. The number of amides is 2. The third-order valence-electron chi connectivity index (χ3n) is 4.00. The van der Waals surface area contributed by atoms with E-state index in [2.05, 4.69) is 0 Å². The highest BCUT2D eigenvalue weighted by atomic mass is 32.2. The number of nitrogens with zero attached hydrogens (tertiary/aromatic N) is 2. The van der Waals surface area contributed by atoms with Gasteiger partial charge in [-0.15, -0.1) is 0 Å². The number of hydrogen-bond acceptors (Lipinski definition) is 4. The second-order valence-corrected chi connectivity index (χ2v) is 6.72. The highest BCUT2D eigenvalue weighted by molar-refractivity contribution is 7.98. The van der Waals surface area contributed by atoms with Gasteiger partial charge in [0.2, 0.25) is 11.8 Å². The Kier molecular flexibility index (Phi) is 7.72. The smallest absolute Gasteiger partial charge is 0.323 e. The molecule has 1 saturated heterocycles. The molecule has 1 aliphatic heterocycles. The van der Waals surface area contributed by atoms with Crippen LogP contribution in [0.3, 0.4) is 0 Å². The lowest BCUT2D eigenvalue weighted by Crippen LogP contribution is -2.43. The maximum absolute atomic E-state index is 12.4. The van der Waals surface area contributed by atoms with E-state index in [4.69, 9.17) is 5.11 Å². The standard InChI is InChI=1S/C15H26N2O4S/c1-11(10-22-3)15(21)16-7-4-5-13(6-8-16)17(12(2)18)9-14(19)20/h11,13H,4-10H2,1-3H3,(H,19,20)/t11-,13-/m0/s1. The van der Waals surface area contributed by atoms with Crippen LogP contribution in [0.4, 0.5) is 0 Å². The van der Waals surface area contributed by atoms with Gasteiger partial charge in [-0.2, -0.15) is 11.8 Å². The maximum atomic E-state index is 12.4. The molecular formula is C15H26N2O4S. The summed E-state index contributed by atoms with van der Waals surface area (Å²) in [6.07, 6.45) is 4.17. The molecule has 2 amide bonds. The van der Waals surface area contributed by atoms with Gasteiger partial charge in [0.25, 0.3) is 0 Å². The van der Waals surface area contributed by atoms with Crippen LogP contribution in [0.25, 0.3) is 0 Å². The van der Waals surface area contributed by atoms with Gasteiger partial charge in [0.15, 0.2) is 0 Å². The molecule has 7 heteroatoms. The number of carboxylic acid groups (broad SMARTS) is 1. The van der Waals surface area contributed by atoms with Crippen molar-refractivity contribution >= 4 is 29.5 Å². The maximum Gasteiger partial charge on any atom is 0.323 e. The van der Waals surface area contributed by atoms with E-state index in [9.17, 15) is 14.4 Å². The Morgan fingerprint density at radius 2 is 2.00 bits per heavy atom. The van der Waals surface area contributed by atoms with Crippen molar-refractivity contribution in [2.75, 3.05) is 31.6 Å². The predicted molar refractivity (Wildman–Crippen MR) is 86.8 cm³/mol.